The molecule has 20 heavy (non-hydrogen) atoms. The van der Waals surface area contributed by atoms with Gasteiger partial charge in [0, 0.05) is 53.0 Å². The van der Waals surface area contributed by atoms with Crippen molar-refractivity contribution < 1.29 is 0 Å². The van der Waals surface area contributed by atoms with Crippen LogP contribution in [-0.2, 0) is 0 Å². The van der Waals surface area contributed by atoms with Gasteiger partial charge in [-0.15, -0.1) is 69.7 Å². The molecule has 2 aromatic heterocycles. The summed E-state index contributed by atoms with van der Waals surface area (Å²) in [7, 11) is 0. The predicted molar refractivity (Wildman–Crippen MR) is 100 cm³/mol. The summed E-state index contributed by atoms with van der Waals surface area (Å²) in [4.78, 5) is 3.10. The summed E-state index contributed by atoms with van der Waals surface area (Å²) in [6.07, 6.45) is 0. The molecule has 0 nitrogen and oxygen atoms in total. The average molecular weight is 371 g/mol. The molecule has 4 heterocycles. The van der Waals surface area contributed by atoms with Crippen LogP contribution in [0.5, 0.6) is 0 Å². The number of rotatable bonds is 0. The highest BCUT2D eigenvalue weighted by molar-refractivity contribution is 8.07. The monoisotopic (exact) mass is 370 g/mol. The summed E-state index contributed by atoms with van der Waals surface area (Å²) in [5, 5.41) is 3.01. The fourth-order valence-electron chi connectivity index (χ4n) is 2.62. The number of benzene rings is 1. The molecule has 6 heteroatoms. The number of hydrogen-bond donors (Lipinski definition) is 0. The zero-order valence-electron chi connectivity index (χ0n) is 10.4. The zero-order chi connectivity index (χ0) is 13.1. The second kappa shape index (κ2) is 5.03. The van der Waals surface area contributed by atoms with Crippen LogP contribution in [0.25, 0.3) is 20.2 Å². The average Bonchev–Trinajstić information content (AvgIpc) is 3.02. The van der Waals surface area contributed by atoms with Gasteiger partial charge in [0.25, 0.3) is 0 Å². The fraction of sp³-hybridized carbons (Fsp3) is 0.286. The quantitative estimate of drug-likeness (QED) is 0.442. The van der Waals surface area contributed by atoms with E-state index >= 15 is 0 Å². The summed E-state index contributed by atoms with van der Waals surface area (Å²) in [5.74, 6) is 5.05. The standard InChI is InChI=1S/C14H10S6/c1-3-17-13-11(15-1)7-5-10-8(6-9(7)19-13)12-14(20-10)18-4-2-16-12/h5-6H,1-4H2. The lowest BCUT2D eigenvalue weighted by Gasteiger charge is -2.09. The van der Waals surface area contributed by atoms with Gasteiger partial charge in [-0.3, -0.25) is 0 Å². The van der Waals surface area contributed by atoms with Crippen LogP contribution in [0.15, 0.2) is 30.3 Å². The molecule has 0 unspecified atom stereocenters. The van der Waals surface area contributed by atoms with Gasteiger partial charge in [-0.05, 0) is 12.1 Å². The number of fused-ring (bicyclic) bond motifs is 6. The van der Waals surface area contributed by atoms with Crippen LogP contribution in [0.3, 0.4) is 0 Å². The lowest BCUT2D eigenvalue weighted by molar-refractivity contribution is 1.37. The van der Waals surface area contributed by atoms with E-state index in [9.17, 15) is 0 Å². The van der Waals surface area contributed by atoms with Crippen molar-refractivity contribution in [1.29, 1.82) is 0 Å². The lowest BCUT2D eigenvalue weighted by Crippen LogP contribution is -1.89. The Labute approximate surface area is 142 Å². The Hall–Kier alpha value is 0.540. The first-order valence-corrected chi connectivity index (χ1v) is 12.0. The minimum atomic E-state index is 1.26. The van der Waals surface area contributed by atoms with Crippen molar-refractivity contribution in [1.82, 2.24) is 0 Å². The van der Waals surface area contributed by atoms with Gasteiger partial charge < -0.3 is 0 Å². The van der Waals surface area contributed by atoms with Gasteiger partial charge in [-0.2, -0.15) is 0 Å². The first-order valence-electron chi connectivity index (χ1n) is 6.44. The molecule has 0 saturated carbocycles. The van der Waals surface area contributed by atoms with Crippen LogP contribution < -0.4 is 0 Å². The van der Waals surface area contributed by atoms with Crippen LogP contribution in [0.4, 0.5) is 0 Å². The summed E-state index contributed by atoms with van der Waals surface area (Å²) < 4.78 is 6.07. The zero-order valence-corrected chi connectivity index (χ0v) is 15.3. The Kier molecular flexibility index (Phi) is 3.28. The highest BCUT2D eigenvalue weighted by Gasteiger charge is 2.21. The van der Waals surface area contributed by atoms with E-state index in [-0.39, 0.29) is 0 Å². The van der Waals surface area contributed by atoms with Crippen LogP contribution in [0.1, 0.15) is 0 Å². The van der Waals surface area contributed by atoms with E-state index in [1.807, 2.05) is 46.2 Å². The summed E-state index contributed by atoms with van der Waals surface area (Å²) in [6.45, 7) is 0. The summed E-state index contributed by atoms with van der Waals surface area (Å²) in [6, 6.07) is 4.92. The largest absolute Gasteiger partial charge is 0.128 e. The molecule has 0 spiro atoms. The maximum absolute atomic E-state index is 2.46. The van der Waals surface area contributed by atoms with Crippen LogP contribution in [0.2, 0.25) is 0 Å². The molecular formula is C14H10S6. The van der Waals surface area contributed by atoms with Crippen molar-refractivity contribution in [3.05, 3.63) is 12.1 Å². The maximum Gasteiger partial charge on any atom is 0.0747 e. The third-order valence-electron chi connectivity index (χ3n) is 3.47. The summed E-state index contributed by atoms with van der Waals surface area (Å²) in [5.41, 5.74) is 0. The Bertz CT molecular complexity index is 757. The van der Waals surface area contributed by atoms with E-state index < -0.39 is 0 Å². The van der Waals surface area contributed by atoms with Crippen molar-refractivity contribution in [3.8, 4) is 0 Å². The van der Waals surface area contributed by atoms with Gasteiger partial charge in [-0.25, -0.2) is 0 Å². The first-order chi connectivity index (χ1) is 9.90. The van der Waals surface area contributed by atoms with Crippen molar-refractivity contribution in [2.45, 2.75) is 18.2 Å². The second-order valence-electron chi connectivity index (χ2n) is 4.68. The third kappa shape index (κ3) is 1.92. The van der Waals surface area contributed by atoms with Crippen LogP contribution in [-0.4, -0.2) is 23.0 Å². The second-order valence-corrected chi connectivity index (χ2v) is 11.7. The SMILES string of the molecule is c1c2sc3c(c2cc2sc4c(c12)SCCS4)SCCS3. The molecule has 0 fully saturated rings. The van der Waals surface area contributed by atoms with Crippen LogP contribution in [0, 0.1) is 0 Å². The predicted octanol–water partition coefficient (Wildman–Crippen LogP) is 6.51. The van der Waals surface area contributed by atoms with Crippen molar-refractivity contribution in [2.24, 2.45) is 0 Å². The van der Waals surface area contributed by atoms with Gasteiger partial charge in [0.15, 0.2) is 0 Å². The minimum Gasteiger partial charge on any atom is -0.128 e. The fourth-order valence-corrected chi connectivity index (χ4v) is 10.7. The molecule has 0 aliphatic carbocycles. The normalized spacial score (nSPS) is 18.4. The van der Waals surface area contributed by atoms with Crippen molar-refractivity contribution in [3.63, 3.8) is 0 Å². The van der Waals surface area contributed by atoms with Gasteiger partial charge in [0.05, 0.1) is 8.42 Å². The third-order valence-corrected chi connectivity index (χ3v) is 11.6. The molecule has 1 aromatic carbocycles. The lowest BCUT2D eigenvalue weighted by atomic mass is 10.2. The van der Waals surface area contributed by atoms with Gasteiger partial charge in [0.2, 0.25) is 0 Å². The molecule has 0 amide bonds. The molecule has 5 rings (SSSR count). The Morgan fingerprint density at radius 2 is 1.05 bits per heavy atom. The van der Waals surface area contributed by atoms with Crippen molar-refractivity contribution >= 4 is 89.9 Å². The van der Waals surface area contributed by atoms with Gasteiger partial charge in [0.1, 0.15) is 0 Å². The summed E-state index contributed by atoms with van der Waals surface area (Å²) >= 11 is 12.2. The molecular weight excluding hydrogens is 361 g/mol. The van der Waals surface area contributed by atoms with E-state index in [2.05, 4.69) is 35.7 Å². The highest BCUT2D eigenvalue weighted by Crippen LogP contribution is 2.52. The van der Waals surface area contributed by atoms with Crippen LogP contribution >= 0.6 is 69.7 Å². The molecule has 0 bridgehead atoms. The van der Waals surface area contributed by atoms with Crippen molar-refractivity contribution in [2.75, 3.05) is 23.0 Å². The first kappa shape index (κ1) is 13.0. The van der Waals surface area contributed by atoms with Gasteiger partial charge in [-0.1, -0.05) is 0 Å². The Balaban J connectivity index is 1.83. The molecule has 2 aliphatic rings. The molecule has 0 N–H and O–H groups in total. The molecule has 102 valence electrons. The van der Waals surface area contributed by atoms with E-state index in [1.54, 1.807) is 18.2 Å². The highest BCUT2D eigenvalue weighted by atomic mass is 32.2. The Morgan fingerprint density at radius 3 is 1.55 bits per heavy atom. The minimum absolute atomic E-state index is 1.26. The van der Waals surface area contributed by atoms with E-state index in [1.165, 1.54) is 43.2 Å². The molecule has 3 aromatic rings. The number of hydrogen-bond acceptors (Lipinski definition) is 6. The van der Waals surface area contributed by atoms with E-state index in [4.69, 9.17) is 0 Å². The van der Waals surface area contributed by atoms with E-state index in [0.717, 1.165) is 0 Å². The van der Waals surface area contributed by atoms with Gasteiger partial charge >= 0.3 is 0 Å². The molecule has 0 atom stereocenters. The number of thiophene rings is 2. The Morgan fingerprint density at radius 1 is 0.600 bits per heavy atom. The maximum atomic E-state index is 2.46. The topological polar surface area (TPSA) is 0 Å². The molecule has 0 saturated heterocycles. The molecule has 0 radical (unpaired) electrons. The molecule has 2 aliphatic heterocycles. The van der Waals surface area contributed by atoms with E-state index in [0.29, 0.717) is 0 Å². The number of thioether (sulfide) groups is 4. The smallest absolute Gasteiger partial charge is 0.0747 e.